The van der Waals surface area contributed by atoms with Gasteiger partial charge in [-0.05, 0) is 43.5 Å². The van der Waals surface area contributed by atoms with E-state index >= 15 is 0 Å². The lowest BCUT2D eigenvalue weighted by Crippen LogP contribution is -2.03. The van der Waals surface area contributed by atoms with Crippen LogP contribution >= 0.6 is 0 Å². The van der Waals surface area contributed by atoms with Crippen molar-refractivity contribution in [3.8, 4) is 5.75 Å². The highest BCUT2D eigenvalue weighted by Crippen LogP contribution is 2.33. The van der Waals surface area contributed by atoms with E-state index < -0.39 is 0 Å². The number of hydrogen-bond acceptors (Lipinski definition) is 2. The van der Waals surface area contributed by atoms with E-state index in [2.05, 4.69) is 0 Å². The minimum Gasteiger partial charge on any atom is -0.508 e. The first-order valence-electron chi connectivity index (χ1n) is 4.52. The molecule has 2 heteroatoms. The molecule has 1 fully saturated rings. The molecule has 0 aliphatic heterocycles. The highest BCUT2D eigenvalue weighted by atomic mass is 16.3. The zero-order chi connectivity index (χ0) is 9.42. The van der Waals surface area contributed by atoms with Gasteiger partial charge in [0, 0.05) is 11.5 Å². The molecule has 1 aliphatic carbocycles. The SMILES string of the molecule is Cc1cc(O)ccc1C(=O)C1CC1. The van der Waals surface area contributed by atoms with Crippen LogP contribution in [0.25, 0.3) is 0 Å². The molecule has 2 rings (SSSR count). The number of aryl methyl sites for hydroxylation is 1. The Kier molecular flexibility index (Phi) is 1.83. The normalized spacial score (nSPS) is 15.8. The molecule has 0 aromatic heterocycles. The number of carbonyl (C=O) groups is 1. The minimum atomic E-state index is 0.227. The fourth-order valence-corrected chi connectivity index (χ4v) is 1.49. The van der Waals surface area contributed by atoms with Crippen molar-refractivity contribution in [3.63, 3.8) is 0 Å². The molecule has 0 radical (unpaired) electrons. The lowest BCUT2D eigenvalue weighted by molar-refractivity contribution is 0.0967. The van der Waals surface area contributed by atoms with Crippen LogP contribution in [0, 0.1) is 12.8 Å². The highest BCUT2D eigenvalue weighted by molar-refractivity contribution is 6.00. The fourth-order valence-electron chi connectivity index (χ4n) is 1.49. The molecule has 13 heavy (non-hydrogen) atoms. The molecule has 1 aromatic carbocycles. The molecule has 2 nitrogen and oxygen atoms in total. The van der Waals surface area contributed by atoms with Gasteiger partial charge in [0.1, 0.15) is 5.75 Å². The summed E-state index contributed by atoms with van der Waals surface area (Å²) in [5.74, 6) is 0.714. The Morgan fingerprint density at radius 1 is 1.46 bits per heavy atom. The van der Waals surface area contributed by atoms with Crippen molar-refractivity contribution in [3.05, 3.63) is 29.3 Å². The number of benzene rings is 1. The van der Waals surface area contributed by atoms with Crippen molar-refractivity contribution in [1.82, 2.24) is 0 Å². The van der Waals surface area contributed by atoms with Crippen LogP contribution in [-0.2, 0) is 0 Å². The molecular formula is C11H12O2. The van der Waals surface area contributed by atoms with E-state index in [-0.39, 0.29) is 17.5 Å². The van der Waals surface area contributed by atoms with E-state index in [9.17, 15) is 4.79 Å². The molecule has 1 N–H and O–H groups in total. The topological polar surface area (TPSA) is 37.3 Å². The van der Waals surface area contributed by atoms with Gasteiger partial charge in [-0.3, -0.25) is 4.79 Å². The third-order valence-electron chi connectivity index (χ3n) is 2.42. The molecule has 0 bridgehead atoms. The van der Waals surface area contributed by atoms with Gasteiger partial charge in [0.2, 0.25) is 0 Å². The number of aromatic hydroxyl groups is 1. The summed E-state index contributed by atoms with van der Waals surface area (Å²) < 4.78 is 0. The van der Waals surface area contributed by atoms with Crippen LogP contribution in [-0.4, -0.2) is 10.9 Å². The Labute approximate surface area is 77.2 Å². The monoisotopic (exact) mass is 176 g/mol. The fraction of sp³-hybridized carbons (Fsp3) is 0.364. The van der Waals surface area contributed by atoms with E-state index in [1.54, 1.807) is 18.2 Å². The van der Waals surface area contributed by atoms with Crippen LogP contribution in [0.3, 0.4) is 0 Å². The van der Waals surface area contributed by atoms with E-state index in [1.165, 1.54) is 0 Å². The van der Waals surface area contributed by atoms with Gasteiger partial charge in [0.25, 0.3) is 0 Å². The van der Waals surface area contributed by atoms with Gasteiger partial charge >= 0.3 is 0 Å². The maximum Gasteiger partial charge on any atom is 0.166 e. The number of hydrogen-bond donors (Lipinski definition) is 1. The van der Waals surface area contributed by atoms with Gasteiger partial charge in [-0.1, -0.05) is 0 Å². The lowest BCUT2D eigenvalue weighted by atomic mass is 10.0. The molecule has 0 saturated heterocycles. The second-order valence-electron chi connectivity index (χ2n) is 3.64. The third kappa shape index (κ3) is 1.57. The maximum absolute atomic E-state index is 11.7. The Hall–Kier alpha value is -1.31. The largest absolute Gasteiger partial charge is 0.508 e. The summed E-state index contributed by atoms with van der Waals surface area (Å²) in [5.41, 5.74) is 1.64. The Bertz CT molecular complexity index is 351. The van der Waals surface area contributed by atoms with Crippen molar-refractivity contribution in [2.24, 2.45) is 5.92 Å². The zero-order valence-electron chi connectivity index (χ0n) is 7.58. The highest BCUT2D eigenvalue weighted by Gasteiger charge is 2.30. The summed E-state index contributed by atoms with van der Waals surface area (Å²) in [6.07, 6.45) is 2.05. The molecule has 0 spiro atoms. The van der Waals surface area contributed by atoms with Crippen LogP contribution < -0.4 is 0 Å². The molecule has 0 unspecified atom stereocenters. The number of phenolic OH excluding ortho intramolecular Hbond substituents is 1. The van der Waals surface area contributed by atoms with Crippen molar-refractivity contribution in [2.75, 3.05) is 0 Å². The van der Waals surface area contributed by atoms with Crippen molar-refractivity contribution in [1.29, 1.82) is 0 Å². The summed E-state index contributed by atoms with van der Waals surface area (Å²) in [5, 5.41) is 9.16. The van der Waals surface area contributed by atoms with Gasteiger partial charge in [-0.15, -0.1) is 0 Å². The first-order chi connectivity index (χ1) is 6.18. The Morgan fingerprint density at radius 3 is 2.69 bits per heavy atom. The molecule has 1 aromatic rings. The standard InChI is InChI=1S/C11H12O2/c1-7-6-9(12)4-5-10(7)11(13)8-2-3-8/h4-6,8,12H,2-3H2,1H3. The Morgan fingerprint density at radius 2 is 2.15 bits per heavy atom. The van der Waals surface area contributed by atoms with Crippen molar-refractivity contribution in [2.45, 2.75) is 19.8 Å². The number of ketones is 1. The molecule has 0 atom stereocenters. The van der Waals surface area contributed by atoms with Crippen LogP contribution in [0.4, 0.5) is 0 Å². The lowest BCUT2D eigenvalue weighted by Gasteiger charge is -2.03. The van der Waals surface area contributed by atoms with Crippen molar-refractivity contribution >= 4 is 5.78 Å². The smallest absolute Gasteiger partial charge is 0.166 e. The van der Waals surface area contributed by atoms with Gasteiger partial charge in [0.15, 0.2) is 5.78 Å². The molecule has 68 valence electrons. The average molecular weight is 176 g/mol. The second kappa shape index (κ2) is 2.87. The zero-order valence-corrected chi connectivity index (χ0v) is 7.58. The van der Waals surface area contributed by atoms with E-state index in [4.69, 9.17) is 5.11 Å². The summed E-state index contributed by atoms with van der Waals surface area (Å²) in [7, 11) is 0. The van der Waals surface area contributed by atoms with Crippen LogP contribution in [0.2, 0.25) is 0 Å². The van der Waals surface area contributed by atoms with E-state index in [0.717, 1.165) is 24.0 Å². The summed E-state index contributed by atoms with van der Waals surface area (Å²) in [6.45, 7) is 1.86. The van der Waals surface area contributed by atoms with Gasteiger partial charge < -0.3 is 5.11 Å². The third-order valence-corrected chi connectivity index (χ3v) is 2.42. The minimum absolute atomic E-state index is 0.227. The van der Waals surface area contributed by atoms with E-state index in [1.807, 2.05) is 6.92 Å². The molecule has 0 amide bonds. The van der Waals surface area contributed by atoms with Crippen LogP contribution in [0.15, 0.2) is 18.2 Å². The average Bonchev–Trinajstić information content (AvgIpc) is 2.85. The molecule has 0 heterocycles. The van der Waals surface area contributed by atoms with Crippen LogP contribution in [0.1, 0.15) is 28.8 Å². The number of carbonyl (C=O) groups excluding carboxylic acids is 1. The summed E-state index contributed by atoms with van der Waals surface area (Å²) >= 11 is 0. The Balaban J connectivity index is 2.33. The first kappa shape index (κ1) is 8.30. The predicted molar refractivity (Wildman–Crippen MR) is 49.9 cm³/mol. The van der Waals surface area contributed by atoms with E-state index in [0.29, 0.717) is 0 Å². The number of phenols is 1. The molecule has 1 saturated carbocycles. The number of rotatable bonds is 2. The van der Waals surface area contributed by atoms with Gasteiger partial charge in [-0.2, -0.15) is 0 Å². The molecular weight excluding hydrogens is 164 g/mol. The predicted octanol–water partition coefficient (Wildman–Crippen LogP) is 2.29. The van der Waals surface area contributed by atoms with Crippen LogP contribution in [0.5, 0.6) is 5.75 Å². The summed E-state index contributed by atoms with van der Waals surface area (Å²) in [4.78, 5) is 11.7. The van der Waals surface area contributed by atoms with Crippen molar-refractivity contribution < 1.29 is 9.90 Å². The number of Topliss-reactive ketones (excluding diaryl/α,β-unsaturated/α-hetero) is 1. The first-order valence-corrected chi connectivity index (χ1v) is 4.52. The second-order valence-corrected chi connectivity index (χ2v) is 3.64. The summed E-state index contributed by atoms with van der Waals surface area (Å²) in [6, 6.07) is 4.92. The van der Waals surface area contributed by atoms with Gasteiger partial charge in [-0.25, -0.2) is 0 Å². The van der Waals surface area contributed by atoms with Gasteiger partial charge in [0.05, 0.1) is 0 Å². The maximum atomic E-state index is 11.7. The molecule has 1 aliphatic rings. The quantitative estimate of drug-likeness (QED) is 0.702.